The predicted molar refractivity (Wildman–Crippen MR) is 108 cm³/mol. The van der Waals surface area contributed by atoms with Crippen LogP contribution < -0.4 is 0 Å². The van der Waals surface area contributed by atoms with Crippen LogP contribution in [0.15, 0.2) is 0 Å². The summed E-state index contributed by atoms with van der Waals surface area (Å²) in [5.74, 6) is 0.303. The topological polar surface area (TPSA) is 60.4 Å². The molecule has 0 N–H and O–H groups in total. The molecule has 0 bridgehead atoms. The van der Waals surface area contributed by atoms with E-state index >= 15 is 0 Å². The minimum absolute atomic E-state index is 0.0155. The van der Waals surface area contributed by atoms with Crippen LogP contribution in [0.3, 0.4) is 0 Å². The summed E-state index contributed by atoms with van der Waals surface area (Å²) < 4.78 is 30.4. The third-order valence-electron chi connectivity index (χ3n) is 7.07. The molecular weight excluding hydrogens is 347 g/mol. The molecule has 0 aromatic carbocycles. The van der Waals surface area contributed by atoms with Crippen molar-refractivity contribution in [3.05, 3.63) is 0 Å². The lowest BCUT2D eigenvalue weighted by atomic mass is 9.39. The number of carbonyl (C=O) groups is 1. The number of fused-ring (bicyclic) bond motifs is 1. The average Bonchev–Trinajstić information content (AvgIpc) is 2.80. The Labute approximate surface area is 161 Å². The van der Waals surface area contributed by atoms with Crippen LogP contribution in [0.25, 0.3) is 0 Å². The van der Waals surface area contributed by atoms with Crippen molar-refractivity contribution in [1.82, 2.24) is 0 Å². The summed E-state index contributed by atoms with van der Waals surface area (Å²) in [6.07, 6.45) is 1.70. The molecular formula is C20H37BO4S. The van der Waals surface area contributed by atoms with E-state index in [4.69, 9.17) is 4.18 Å². The SMILES string of the molecule is CC1CC2C(BC(=O)C(C)(CC(C)(C)C)C(C)(C)C)(C1)C(C)OS2(=O)=O. The van der Waals surface area contributed by atoms with Crippen LogP contribution >= 0.6 is 0 Å². The summed E-state index contributed by atoms with van der Waals surface area (Å²) >= 11 is 0. The third-order valence-corrected chi connectivity index (χ3v) is 8.98. The van der Waals surface area contributed by atoms with Crippen molar-refractivity contribution in [2.45, 2.75) is 98.2 Å². The number of hydrogen-bond donors (Lipinski definition) is 0. The van der Waals surface area contributed by atoms with Crippen LogP contribution in [-0.4, -0.2) is 32.7 Å². The first-order valence-corrected chi connectivity index (χ1v) is 11.4. The van der Waals surface area contributed by atoms with E-state index < -0.39 is 32.2 Å². The monoisotopic (exact) mass is 384 g/mol. The molecule has 5 atom stereocenters. The lowest BCUT2D eigenvalue weighted by molar-refractivity contribution is -0.128. The Bertz CT molecular complexity index is 673. The summed E-state index contributed by atoms with van der Waals surface area (Å²) in [6, 6.07) is 0. The Morgan fingerprint density at radius 1 is 1.12 bits per heavy atom. The first-order chi connectivity index (χ1) is 11.4. The highest BCUT2D eigenvalue weighted by molar-refractivity contribution is 7.87. The highest BCUT2D eigenvalue weighted by Crippen LogP contribution is 2.60. The molecule has 1 aliphatic heterocycles. The van der Waals surface area contributed by atoms with E-state index in [9.17, 15) is 13.2 Å². The molecule has 1 saturated heterocycles. The maximum Gasteiger partial charge on any atom is 0.270 e. The number of carbonyl (C=O) groups excluding carboxylic acids is 1. The predicted octanol–water partition coefficient (Wildman–Crippen LogP) is 4.14. The van der Waals surface area contributed by atoms with E-state index in [0.717, 1.165) is 12.8 Å². The summed E-state index contributed by atoms with van der Waals surface area (Å²) in [6.45, 7) is 18.8. The summed E-state index contributed by atoms with van der Waals surface area (Å²) in [5.41, 5.74) is -0.508. The van der Waals surface area contributed by atoms with E-state index in [1.165, 1.54) is 0 Å². The van der Waals surface area contributed by atoms with Crippen LogP contribution in [0.1, 0.15) is 81.6 Å². The maximum atomic E-state index is 13.7. The second kappa shape index (κ2) is 6.33. The van der Waals surface area contributed by atoms with Crippen molar-refractivity contribution < 1.29 is 17.4 Å². The molecule has 2 rings (SSSR count). The molecule has 1 saturated carbocycles. The fraction of sp³-hybridized carbons (Fsp3) is 0.950. The molecule has 0 spiro atoms. The second-order valence-corrected chi connectivity index (χ2v) is 13.2. The van der Waals surface area contributed by atoms with Crippen LogP contribution in [0.2, 0.25) is 5.31 Å². The number of hydrogen-bond acceptors (Lipinski definition) is 4. The first-order valence-electron chi connectivity index (χ1n) is 9.90. The molecule has 2 fully saturated rings. The van der Waals surface area contributed by atoms with Crippen molar-refractivity contribution in [3.63, 3.8) is 0 Å². The van der Waals surface area contributed by atoms with E-state index in [1.807, 2.05) is 6.92 Å². The Balaban J connectivity index is 2.42. The van der Waals surface area contributed by atoms with Crippen LogP contribution in [0.4, 0.5) is 0 Å². The van der Waals surface area contributed by atoms with E-state index in [0.29, 0.717) is 19.6 Å². The summed E-state index contributed by atoms with van der Waals surface area (Å²) in [4.78, 5) is 13.7. The Hall–Kier alpha value is -0.355. The quantitative estimate of drug-likeness (QED) is 0.540. The van der Waals surface area contributed by atoms with Crippen molar-refractivity contribution >= 4 is 23.1 Å². The molecule has 4 nitrogen and oxygen atoms in total. The van der Waals surface area contributed by atoms with Gasteiger partial charge in [-0.25, -0.2) is 0 Å². The van der Waals surface area contributed by atoms with Gasteiger partial charge in [-0.3, -0.25) is 4.18 Å². The molecule has 1 aliphatic carbocycles. The summed E-state index contributed by atoms with van der Waals surface area (Å²) in [7, 11) is -3.28. The van der Waals surface area contributed by atoms with E-state index in [2.05, 4.69) is 55.4 Å². The maximum absolute atomic E-state index is 13.7. The summed E-state index contributed by atoms with van der Waals surface area (Å²) in [5, 5.41) is -1.11. The van der Waals surface area contributed by atoms with Gasteiger partial charge in [0.15, 0.2) is 0 Å². The van der Waals surface area contributed by atoms with Crippen LogP contribution in [-0.2, 0) is 19.1 Å². The normalized spacial score (nSPS) is 36.4. The average molecular weight is 384 g/mol. The van der Waals surface area contributed by atoms with Crippen molar-refractivity contribution in [2.24, 2.45) is 22.2 Å². The van der Waals surface area contributed by atoms with Crippen molar-refractivity contribution in [2.75, 3.05) is 0 Å². The van der Waals surface area contributed by atoms with Gasteiger partial charge in [0.05, 0.1) is 17.0 Å². The minimum Gasteiger partial charge on any atom is -0.311 e. The van der Waals surface area contributed by atoms with Gasteiger partial charge in [-0.2, -0.15) is 8.42 Å². The first kappa shape index (κ1) is 21.9. The smallest absolute Gasteiger partial charge is 0.270 e. The number of rotatable bonds is 4. The lowest BCUT2D eigenvalue weighted by Gasteiger charge is -2.46. The molecule has 2 aliphatic rings. The van der Waals surface area contributed by atoms with Gasteiger partial charge in [-0.15, -0.1) is 0 Å². The van der Waals surface area contributed by atoms with Gasteiger partial charge in [-0.05, 0) is 42.9 Å². The Kier molecular flexibility index (Phi) is 5.34. The van der Waals surface area contributed by atoms with Gasteiger partial charge in [0.25, 0.3) is 10.1 Å². The molecule has 1 heterocycles. The molecule has 0 radical (unpaired) electrons. The highest BCUT2D eigenvalue weighted by atomic mass is 32.2. The fourth-order valence-corrected chi connectivity index (χ4v) is 7.57. The zero-order valence-corrected chi connectivity index (χ0v) is 18.9. The molecule has 0 aromatic heterocycles. The van der Waals surface area contributed by atoms with Crippen molar-refractivity contribution in [3.8, 4) is 0 Å². The molecule has 6 heteroatoms. The van der Waals surface area contributed by atoms with Crippen LogP contribution in [0, 0.1) is 22.2 Å². The van der Waals surface area contributed by atoms with E-state index in [1.54, 1.807) is 0 Å². The zero-order valence-electron chi connectivity index (χ0n) is 18.1. The minimum atomic E-state index is -3.58. The molecule has 0 aromatic rings. The molecule has 0 amide bonds. The lowest BCUT2D eigenvalue weighted by Crippen LogP contribution is -2.50. The largest absolute Gasteiger partial charge is 0.311 e. The highest BCUT2D eigenvalue weighted by Gasteiger charge is 2.64. The second-order valence-electron chi connectivity index (χ2n) is 11.4. The zero-order chi connectivity index (χ0) is 20.3. The van der Waals surface area contributed by atoms with Gasteiger partial charge in [0.2, 0.25) is 7.28 Å². The van der Waals surface area contributed by atoms with Gasteiger partial charge >= 0.3 is 0 Å². The fourth-order valence-electron chi connectivity index (χ4n) is 5.33. The standard InChI is InChI=1S/C20H37BO4S/c1-13-10-15-20(11-13,14(2)25-26(15,23)24)21-16(22)19(9,18(6,7)8)12-17(3,4)5/h13-15,21H,10-12H2,1-9H3. The van der Waals surface area contributed by atoms with Gasteiger partial charge < -0.3 is 4.79 Å². The molecule has 26 heavy (non-hydrogen) atoms. The van der Waals surface area contributed by atoms with Crippen LogP contribution in [0.5, 0.6) is 0 Å². The van der Waals surface area contributed by atoms with Gasteiger partial charge in [-0.1, -0.05) is 55.4 Å². The molecule has 5 unspecified atom stereocenters. The van der Waals surface area contributed by atoms with Gasteiger partial charge in [0.1, 0.15) is 0 Å². The third kappa shape index (κ3) is 3.65. The van der Waals surface area contributed by atoms with Crippen molar-refractivity contribution in [1.29, 1.82) is 0 Å². The Morgan fingerprint density at radius 3 is 2.12 bits per heavy atom. The van der Waals surface area contributed by atoms with E-state index in [-0.39, 0.29) is 16.5 Å². The van der Waals surface area contributed by atoms with Gasteiger partial charge in [0, 0.05) is 10.7 Å². The Morgan fingerprint density at radius 2 is 1.65 bits per heavy atom. The molecule has 150 valence electrons.